The zero-order valence-corrected chi connectivity index (χ0v) is 14.2. The van der Waals surface area contributed by atoms with E-state index in [1.807, 2.05) is 12.1 Å². The highest BCUT2D eigenvalue weighted by Crippen LogP contribution is 2.21. The molecule has 2 aromatic rings. The zero-order chi connectivity index (χ0) is 17.5. The number of hydrogen-bond donors (Lipinski definition) is 1. The number of nitrogens with zero attached hydrogens (tertiary/aromatic N) is 1. The third-order valence-corrected chi connectivity index (χ3v) is 4.38. The van der Waals surface area contributed by atoms with Crippen LogP contribution in [0.4, 0.5) is 15.8 Å². The van der Waals surface area contributed by atoms with Gasteiger partial charge >= 0.3 is 0 Å². The van der Waals surface area contributed by atoms with Gasteiger partial charge in [0, 0.05) is 30.5 Å². The van der Waals surface area contributed by atoms with Gasteiger partial charge in [0.2, 0.25) is 5.91 Å². The summed E-state index contributed by atoms with van der Waals surface area (Å²) in [6.45, 7) is 2.20. The predicted octanol–water partition coefficient (Wildman–Crippen LogP) is 4.86. The molecule has 130 valence electrons. The van der Waals surface area contributed by atoms with Crippen LogP contribution < -0.4 is 10.2 Å². The molecule has 1 heterocycles. The van der Waals surface area contributed by atoms with Crippen LogP contribution in [0.2, 0.25) is 0 Å². The molecule has 1 N–H and O–H groups in total. The summed E-state index contributed by atoms with van der Waals surface area (Å²) < 4.78 is 13.1. The van der Waals surface area contributed by atoms with Crippen molar-refractivity contribution in [3.8, 4) is 0 Å². The van der Waals surface area contributed by atoms with Crippen LogP contribution in [-0.2, 0) is 4.79 Å². The molecule has 0 aromatic heterocycles. The molecule has 25 heavy (non-hydrogen) atoms. The molecule has 0 saturated carbocycles. The van der Waals surface area contributed by atoms with Crippen molar-refractivity contribution >= 4 is 23.4 Å². The molecule has 0 spiro atoms. The minimum absolute atomic E-state index is 0.230. The molecule has 0 radical (unpaired) electrons. The Kier molecular flexibility index (Phi) is 5.83. The lowest BCUT2D eigenvalue weighted by atomic mass is 10.2. The number of rotatable bonds is 4. The summed E-state index contributed by atoms with van der Waals surface area (Å²) in [6.07, 6.45) is 8.11. The molecule has 0 atom stereocenters. The molecular weight excluding hydrogens is 315 g/mol. The summed E-state index contributed by atoms with van der Waals surface area (Å²) in [5.74, 6) is -0.543. The van der Waals surface area contributed by atoms with E-state index >= 15 is 0 Å². The fourth-order valence-electron chi connectivity index (χ4n) is 3.05. The van der Waals surface area contributed by atoms with Crippen molar-refractivity contribution in [1.82, 2.24) is 0 Å². The minimum atomic E-state index is -0.313. The van der Waals surface area contributed by atoms with Crippen molar-refractivity contribution in [3.63, 3.8) is 0 Å². The average molecular weight is 338 g/mol. The molecule has 1 saturated heterocycles. The van der Waals surface area contributed by atoms with E-state index in [-0.39, 0.29) is 11.7 Å². The van der Waals surface area contributed by atoms with Gasteiger partial charge in [-0.15, -0.1) is 0 Å². The summed E-state index contributed by atoms with van der Waals surface area (Å²) in [6, 6.07) is 14.1. The lowest BCUT2D eigenvalue weighted by Crippen LogP contribution is -2.23. The second-order valence-electron chi connectivity index (χ2n) is 6.33. The summed E-state index contributed by atoms with van der Waals surface area (Å²) in [4.78, 5) is 14.4. The number of carbonyl (C=O) groups is 1. The number of halogens is 1. The van der Waals surface area contributed by atoms with Crippen molar-refractivity contribution < 1.29 is 9.18 Å². The Morgan fingerprint density at radius 1 is 1.00 bits per heavy atom. The second kappa shape index (κ2) is 8.47. The summed E-state index contributed by atoms with van der Waals surface area (Å²) >= 11 is 0. The van der Waals surface area contributed by atoms with Gasteiger partial charge in [0.25, 0.3) is 0 Å². The third-order valence-electron chi connectivity index (χ3n) is 4.38. The van der Waals surface area contributed by atoms with Gasteiger partial charge < -0.3 is 10.2 Å². The van der Waals surface area contributed by atoms with Gasteiger partial charge in [0.15, 0.2) is 0 Å². The van der Waals surface area contributed by atoms with Gasteiger partial charge in [-0.3, -0.25) is 4.79 Å². The van der Waals surface area contributed by atoms with E-state index in [1.54, 1.807) is 18.2 Å². The van der Waals surface area contributed by atoms with E-state index in [4.69, 9.17) is 0 Å². The Labute approximate surface area is 148 Å². The predicted molar refractivity (Wildman–Crippen MR) is 101 cm³/mol. The molecule has 4 heteroatoms. The number of nitrogens with one attached hydrogen (secondary N) is 1. The Bertz CT molecular complexity index is 732. The van der Waals surface area contributed by atoms with Crippen molar-refractivity contribution in [3.05, 3.63) is 66.0 Å². The van der Waals surface area contributed by atoms with E-state index in [2.05, 4.69) is 22.3 Å². The number of carbonyl (C=O) groups excluding carboxylic acids is 1. The lowest BCUT2D eigenvalue weighted by molar-refractivity contribution is -0.111. The number of hydrogen-bond acceptors (Lipinski definition) is 2. The maximum absolute atomic E-state index is 13.1. The molecule has 0 unspecified atom stereocenters. The number of amides is 1. The van der Waals surface area contributed by atoms with Gasteiger partial charge in [-0.2, -0.15) is 0 Å². The molecule has 0 bridgehead atoms. The maximum Gasteiger partial charge on any atom is 0.248 e. The molecular formula is C21H23FN2O. The highest BCUT2D eigenvalue weighted by Gasteiger charge is 2.09. The van der Waals surface area contributed by atoms with Crippen molar-refractivity contribution in [1.29, 1.82) is 0 Å². The largest absolute Gasteiger partial charge is 0.372 e. The molecule has 3 rings (SSSR count). The monoisotopic (exact) mass is 338 g/mol. The maximum atomic E-state index is 13.1. The van der Waals surface area contributed by atoms with E-state index < -0.39 is 0 Å². The fraction of sp³-hybridized carbons (Fsp3) is 0.286. The Morgan fingerprint density at radius 3 is 2.40 bits per heavy atom. The topological polar surface area (TPSA) is 32.3 Å². The van der Waals surface area contributed by atoms with Crippen LogP contribution in [0.25, 0.3) is 6.08 Å². The highest BCUT2D eigenvalue weighted by atomic mass is 19.1. The number of anilines is 2. The van der Waals surface area contributed by atoms with Crippen LogP contribution in [0.1, 0.15) is 31.2 Å². The second-order valence-corrected chi connectivity index (χ2v) is 6.33. The standard InChI is InChI=1S/C21H23FN2O/c22-18-7-5-6-17(16-18)8-13-21(25)23-19-9-11-20(12-10-19)24-14-3-1-2-4-15-24/h5-13,16H,1-4,14-15H2,(H,23,25)/b13-8+. The smallest absolute Gasteiger partial charge is 0.248 e. The highest BCUT2D eigenvalue weighted by molar-refractivity contribution is 6.02. The molecule has 3 nitrogen and oxygen atoms in total. The van der Waals surface area contributed by atoms with Crippen LogP contribution in [0.15, 0.2) is 54.6 Å². The van der Waals surface area contributed by atoms with E-state index in [9.17, 15) is 9.18 Å². The Morgan fingerprint density at radius 2 is 1.72 bits per heavy atom. The van der Waals surface area contributed by atoms with Crippen LogP contribution in [-0.4, -0.2) is 19.0 Å². The molecule has 2 aromatic carbocycles. The summed E-state index contributed by atoms with van der Waals surface area (Å²) in [7, 11) is 0. The minimum Gasteiger partial charge on any atom is -0.372 e. The van der Waals surface area contributed by atoms with Gasteiger partial charge in [0.1, 0.15) is 5.82 Å². The SMILES string of the molecule is O=C(/C=C/c1cccc(F)c1)Nc1ccc(N2CCCCCC2)cc1. The van der Waals surface area contributed by atoms with Gasteiger partial charge in [-0.25, -0.2) is 4.39 Å². The van der Waals surface area contributed by atoms with E-state index in [1.165, 1.54) is 49.6 Å². The van der Waals surface area contributed by atoms with E-state index in [0.29, 0.717) is 5.56 Å². The van der Waals surface area contributed by atoms with Crippen LogP contribution >= 0.6 is 0 Å². The van der Waals surface area contributed by atoms with Crippen LogP contribution in [0.5, 0.6) is 0 Å². The molecule has 1 aliphatic rings. The quantitative estimate of drug-likeness (QED) is 0.808. The normalized spacial score (nSPS) is 15.2. The van der Waals surface area contributed by atoms with Crippen LogP contribution in [0, 0.1) is 5.82 Å². The van der Waals surface area contributed by atoms with Gasteiger partial charge in [0.05, 0.1) is 0 Å². The summed E-state index contributed by atoms with van der Waals surface area (Å²) in [5.41, 5.74) is 2.62. The molecule has 1 amide bonds. The molecule has 0 aliphatic carbocycles. The van der Waals surface area contributed by atoms with Gasteiger partial charge in [-0.05, 0) is 60.9 Å². The Hall–Kier alpha value is -2.62. The first-order chi connectivity index (χ1) is 12.2. The first-order valence-electron chi connectivity index (χ1n) is 8.80. The summed E-state index contributed by atoms with van der Waals surface area (Å²) in [5, 5.41) is 2.83. The fourth-order valence-corrected chi connectivity index (χ4v) is 3.05. The van der Waals surface area contributed by atoms with Crippen molar-refractivity contribution in [2.75, 3.05) is 23.3 Å². The van der Waals surface area contributed by atoms with Gasteiger partial charge in [-0.1, -0.05) is 25.0 Å². The third kappa shape index (κ3) is 5.18. The first-order valence-corrected chi connectivity index (χ1v) is 8.80. The lowest BCUT2D eigenvalue weighted by Gasteiger charge is -2.22. The van der Waals surface area contributed by atoms with Crippen LogP contribution in [0.3, 0.4) is 0 Å². The van der Waals surface area contributed by atoms with Crippen molar-refractivity contribution in [2.24, 2.45) is 0 Å². The zero-order valence-electron chi connectivity index (χ0n) is 14.2. The number of benzene rings is 2. The molecule has 1 fully saturated rings. The average Bonchev–Trinajstić information content (AvgIpc) is 2.90. The molecule has 1 aliphatic heterocycles. The first kappa shape index (κ1) is 17.2. The van der Waals surface area contributed by atoms with Crippen molar-refractivity contribution in [2.45, 2.75) is 25.7 Å². The van der Waals surface area contributed by atoms with E-state index in [0.717, 1.165) is 18.8 Å². The Balaban J connectivity index is 1.58.